The topological polar surface area (TPSA) is 42.9 Å². The first kappa shape index (κ1) is 11.2. The molecule has 0 saturated carbocycles. The molecule has 2 aromatic rings. The summed E-state index contributed by atoms with van der Waals surface area (Å²) in [5.74, 6) is 0. The number of pyridine rings is 1. The van der Waals surface area contributed by atoms with Crippen LogP contribution in [-0.4, -0.2) is 16.3 Å². The molecule has 0 N–H and O–H groups in total. The molecule has 2 rings (SSSR count). The molecule has 0 unspecified atom stereocenters. The molecule has 0 fully saturated rings. The highest BCUT2D eigenvalue weighted by Crippen LogP contribution is 2.14. The Kier molecular flexibility index (Phi) is 3.64. The minimum Gasteiger partial charge on any atom is -0.297 e. The van der Waals surface area contributed by atoms with Gasteiger partial charge in [0.1, 0.15) is 5.15 Å². The number of nitrogens with zero attached hydrogens (tertiary/aromatic N) is 2. The monoisotopic (exact) mass is 252 g/mol. The average molecular weight is 253 g/mol. The fourth-order valence-electron chi connectivity index (χ4n) is 1.30. The summed E-state index contributed by atoms with van der Waals surface area (Å²) >= 11 is 7.12. The molecule has 0 aliphatic heterocycles. The predicted octanol–water partition coefficient (Wildman–Crippen LogP) is 2.79. The summed E-state index contributed by atoms with van der Waals surface area (Å²) in [7, 11) is 0. The van der Waals surface area contributed by atoms with Crippen LogP contribution in [0.1, 0.15) is 20.2 Å². The molecule has 82 valence electrons. The van der Waals surface area contributed by atoms with Gasteiger partial charge in [-0.15, -0.1) is 11.3 Å². The first-order valence-corrected chi connectivity index (χ1v) is 5.97. The molecule has 3 nitrogen and oxygen atoms in total. The number of thiazole rings is 1. The molecule has 2 aromatic heterocycles. The van der Waals surface area contributed by atoms with Gasteiger partial charge < -0.3 is 0 Å². The maximum absolute atomic E-state index is 10.5. The lowest BCUT2D eigenvalue weighted by atomic mass is 10.2. The number of carbonyl (C=O) groups is 1. The van der Waals surface area contributed by atoms with E-state index < -0.39 is 0 Å². The quantitative estimate of drug-likeness (QED) is 0.621. The van der Waals surface area contributed by atoms with E-state index in [2.05, 4.69) is 9.97 Å². The minimum absolute atomic E-state index is 0.501. The SMILES string of the molecule is O=Cc1cnc(CCc2ccc(Cl)nc2)s1. The number of aromatic nitrogens is 2. The van der Waals surface area contributed by atoms with Gasteiger partial charge in [-0.3, -0.25) is 4.79 Å². The second-order valence-corrected chi connectivity index (χ2v) is 4.80. The van der Waals surface area contributed by atoms with Gasteiger partial charge in [-0.05, 0) is 18.1 Å². The Morgan fingerprint density at radius 3 is 2.75 bits per heavy atom. The lowest BCUT2D eigenvalue weighted by Crippen LogP contribution is -1.91. The third kappa shape index (κ3) is 2.87. The van der Waals surface area contributed by atoms with E-state index in [-0.39, 0.29) is 0 Å². The van der Waals surface area contributed by atoms with Crippen molar-refractivity contribution < 1.29 is 4.79 Å². The van der Waals surface area contributed by atoms with Crippen molar-refractivity contribution in [1.29, 1.82) is 0 Å². The van der Waals surface area contributed by atoms with Crippen molar-refractivity contribution >= 4 is 29.2 Å². The summed E-state index contributed by atoms with van der Waals surface area (Å²) in [6, 6.07) is 3.72. The Morgan fingerprint density at radius 1 is 1.25 bits per heavy atom. The fourth-order valence-corrected chi connectivity index (χ4v) is 2.15. The summed E-state index contributed by atoms with van der Waals surface area (Å²) in [5, 5.41) is 1.47. The van der Waals surface area contributed by atoms with E-state index >= 15 is 0 Å². The van der Waals surface area contributed by atoms with Gasteiger partial charge in [-0.25, -0.2) is 9.97 Å². The van der Waals surface area contributed by atoms with Crippen LogP contribution < -0.4 is 0 Å². The molecule has 16 heavy (non-hydrogen) atoms. The summed E-state index contributed by atoms with van der Waals surface area (Å²) in [5.41, 5.74) is 1.12. The Hall–Kier alpha value is -1.26. The summed E-state index contributed by atoms with van der Waals surface area (Å²) in [6.07, 6.45) is 5.87. The van der Waals surface area contributed by atoms with Gasteiger partial charge in [0.15, 0.2) is 6.29 Å². The van der Waals surface area contributed by atoms with Crippen LogP contribution in [0.3, 0.4) is 0 Å². The fraction of sp³-hybridized carbons (Fsp3) is 0.182. The van der Waals surface area contributed by atoms with E-state index in [1.54, 1.807) is 18.5 Å². The largest absolute Gasteiger partial charge is 0.297 e. The van der Waals surface area contributed by atoms with Crippen LogP contribution in [-0.2, 0) is 12.8 Å². The minimum atomic E-state index is 0.501. The van der Waals surface area contributed by atoms with Gasteiger partial charge in [-0.1, -0.05) is 17.7 Å². The summed E-state index contributed by atoms with van der Waals surface area (Å²) in [4.78, 5) is 19.3. The third-order valence-electron chi connectivity index (χ3n) is 2.10. The smallest absolute Gasteiger partial charge is 0.161 e. The van der Waals surface area contributed by atoms with E-state index in [1.807, 2.05) is 6.07 Å². The third-order valence-corrected chi connectivity index (χ3v) is 3.31. The predicted molar refractivity (Wildman–Crippen MR) is 64.2 cm³/mol. The normalized spacial score (nSPS) is 10.3. The first-order chi connectivity index (χ1) is 7.78. The van der Waals surface area contributed by atoms with Crippen molar-refractivity contribution in [3.05, 3.63) is 45.1 Å². The van der Waals surface area contributed by atoms with Crippen molar-refractivity contribution in [2.45, 2.75) is 12.8 Å². The zero-order chi connectivity index (χ0) is 11.4. The van der Waals surface area contributed by atoms with Crippen molar-refractivity contribution in [3.8, 4) is 0 Å². The number of aryl methyl sites for hydroxylation is 2. The molecular formula is C11H9ClN2OS. The van der Waals surface area contributed by atoms with Gasteiger partial charge in [-0.2, -0.15) is 0 Å². The molecule has 0 saturated heterocycles. The molecule has 0 aliphatic rings. The molecule has 0 spiro atoms. The lowest BCUT2D eigenvalue weighted by molar-refractivity contribution is 0.112. The van der Waals surface area contributed by atoms with Crippen molar-refractivity contribution in [2.24, 2.45) is 0 Å². The highest BCUT2D eigenvalue weighted by atomic mass is 35.5. The van der Waals surface area contributed by atoms with Gasteiger partial charge in [0.2, 0.25) is 0 Å². The van der Waals surface area contributed by atoms with E-state index in [0.717, 1.165) is 29.7 Å². The van der Waals surface area contributed by atoms with Gasteiger partial charge >= 0.3 is 0 Å². The van der Waals surface area contributed by atoms with Crippen LogP contribution in [0, 0.1) is 0 Å². The lowest BCUT2D eigenvalue weighted by Gasteiger charge is -1.98. The number of aldehydes is 1. The van der Waals surface area contributed by atoms with Crippen LogP contribution in [0.4, 0.5) is 0 Å². The zero-order valence-electron chi connectivity index (χ0n) is 8.39. The second kappa shape index (κ2) is 5.18. The van der Waals surface area contributed by atoms with Gasteiger partial charge in [0.05, 0.1) is 9.88 Å². The van der Waals surface area contributed by atoms with Crippen LogP contribution in [0.2, 0.25) is 5.15 Å². The Morgan fingerprint density at radius 2 is 2.12 bits per heavy atom. The Labute approximate surface area is 102 Å². The Bertz CT molecular complexity index is 481. The first-order valence-electron chi connectivity index (χ1n) is 4.78. The maximum atomic E-state index is 10.5. The van der Waals surface area contributed by atoms with Crippen LogP contribution in [0.25, 0.3) is 0 Å². The Balaban J connectivity index is 1.96. The summed E-state index contributed by atoms with van der Waals surface area (Å²) in [6.45, 7) is 0. The molecular weight excluding hydrogens is 244 g/mol. The van der Waals surface area contributed by atoms with Crippen LogP contribution in [0.5, 0.6) is 0 Å². The molecule has 0 amide bonds. The van der Waals surface area contributed by atoms with Gasteiger partial charge in [0, 0.05) is 18.8 Å². The number of rotatable bonds is 4. The molecule has 0 bridgehead atoms. The zero-order valence-corrected chi connectivity index (χ0v) is 9.96. The van der Waals surface area contributed by atoms with Crippen LogP contribution >= 0.6 is 22.9 Å². The van der Waals surface area contributed by atoms with E-state index in [1.165, 1.54) is 11.3 Å². The average Bonchev–Trinajstić information content (AvgIpc) is 2.76. The standard InChI is InChI=1S/C11H9ClN2OS/c12-10-3-1-8(5-13-10)2-4-11-14-6-9(7-15)16-11/h1,3,5-7H,2,4H2. The number of halogens is 1. The molecule has 0 atom stereocenters. The maximum Gasteiger partial charge on any atom is 0.161 e. The van der Waals surface area contributed by atoms with Crippen molar-refractivity contribution in [1.82, 2.24) is 9.97 Å². The summed E-state index contributed by atoms with van der Waals surface area (Å²) < 4.78 is 0. The van der Waals surface area contributed by atoms with Crippen LogP contribution in [0.15, 0.2) is 24.5 Å². The highest BCUT2D eigenvalue weighted by Gasteiger charge is 2.02. The van der Waals surface area contributed by atoms with E-state index in [0.29, 0.717) is 10.0 Å². The number of hydrogen-bond acceptors (Lipinski definition) is 4. The number of carbonyl (C=O) groups excluding carboxylic acids is 1. The molecule has 0 aliphatic carbocycles. The van der Waals surface area contributed by atoms with Crippen molar-refractivity contribution in [2.75, 3.05) is 0 Å². The van der Waals surface area contributed by atoms with Crippen molar-refractivity contribution in [3.63, 3.8) is 0 Å². The van der Waals surface area contributed by atoms with Gasteiger partial charge in [0.25, 0.3) is 0 Å². The highest BCUT2D eigenvalue weighted by molar-refractivity contribution is 7.13. The number of hydrogen-bond donors (Lipinski definition) is 0. The van der Waals surface area contributed by atoms with E-state index in [4.69, 9.17) is 11.6 Å². The second-order valence-electron chi connectivity index (χ2n) is 3.26. The molecule has 2 heterocycles. The molecule has 5 heteroatoms. The molecule has 0 radical (unpaired) electrons. The van der Waals surface area contributed by atoms with E-state index in [9.17, 15) is 4.79 Å². The molecule has 0 aromatic carbocycles.